The van der Waals surface area contributed by atoms with E-state index in [1.54, 1.807) is 0 Å². The van der Waals surface area contributed by atoms with Gasteiger partial charge in [-0.05, 0) is 19.3 Å². The first-order valence-corrected chi connectivity index (χ1v) is 6.38. The Morgan fingerprint density at radius 2 is 1.80 bits per heavy atom. The fourth-order valence-electron chi connectivity index (χ4n) is 2.79. The molecule has 0 bridgehead atoms. The van der Waals surface area contributed by atoms with Gasteiger partial charge >= 0.3 is 0 Å². The van der Waals surface area contributed by atoms with Crippen molar-refractivity contribution in [1.82, 2.24) is 4.90 Å². The molecule has 0 radical (unpaired) electrons. The van der Waals surface area contributed by atoms with Crippen molar-refractivity contribution in [3.63, 3.8) is 0 Å². The molecule has 15 heavy (non-hydrogen) atoms. The zero-order valence-corrected chi connectivity index (χ0v) is 9.53. The average Bonchev–Trinajstić information content (AvgIpc) is 2.59. The normalized spacial score (nSPS) is 35.8. The van der Waals surface area contributed by atoms with Gasteiger partial charge in [0.15, 0.2) is 0 Å². The maximum atomic E-state index is 10.1. The molecule has 0 aromatic carbocycles. The number of hydrogen-bond donors (Lipinski definition) is 1. The average molecular weight is 213 g/mol. The maximum Gasteiger partial charge on any atom is 0.0695 e. The van der Waals surface area contributed by atoms with Crippen molar-refractivity contribution in [1.29, 1.82) is 0 Å². The maximum absolute atomic E-state index is 10.1. The van der Waals surface area contributed by atoms with E-state index in [4.69, 9.17) is 4.74 Å². The van der Waals surface area contributed by atoms with Gasteiger partial charge < -0.3 is 9.84 Å². The number of hydrogen-bond acceptors (Lipinski definition) is 3. The molecule has 2 atom stereocenters. The molecular weight excluding hydrogens is 190 g/mol. The van der Waals surface area contributed by atoms with Crippen LogP contribution in [0.2, 0.25) is 0 Å². The predicted octanol–water partition coefficient (Wildman–Crippen LogP) is 1.40. The van der Waals surface area contributed by atoms with Crippen molar-refractivity contribution in [3.8, 4) is 0 Å². The van der Waals surface area contributed by atoms with E-state index in [-0.39, 0.29) is 6.10 Å². The highest BCUT2D eigenvalue weighted by Gasteiger charge is 2.27. The Labute approximate surface area is 92.4 Å². The lowest BCUT2D eigenvalue weighted by Crippen LogP contribution is -2.44. The van der Waals surface area contributed by atoms with E-state index in [2.05, 4.69) is 4.90 Å². The van der Waals surface area contributed by atoms with Gasteiger partial charge in [0.2, 0.25) is 0 Å². The van der Waals surface area contributed by atoms with Gasteiger partial charge in [-0.1, -0.05) is 19.3 Å². The van der Waals surface area contributed by atoms with Gasteiger partial charge in [-0.25, -0.2) is 0 Å². The second-order valence-corrected chi connectivity index (χ2v) is 4.77. The van der Waals surface area contributed by atoms with Crippen molar-refractivity contribution in [2.45, 2.75) is 50.7 Å². The van der Waals surface area contributed by atoms with Gasteiger partial charge in [0.1, 0.15) is 0 Å². The second-order valence-electron chi connectivity index (χ2n) is 4.77. The summed E-state index contributed by atoms with van der Waals surface area (Å²) in [6, 6.07) is 0.397. The van der Waals surface area contributed by atoms with E-state index >= 15 is 0 Å². The van der Waals surface area contributed by atoms with Crippen LogP contribution in [0.25, 0.3) is 0 Å². The Morgan fingerprint density at radius 3 is 2.73 bits per heavy atom. The van der Waals surface area contributed by atoms with Gasteiger partial charge in [0.05, 0.1) is 12.7 Å². The largest absolute Gasteiger partial charge is 0.391 e. The summed E-state index contributed by atoms with van der Waals surface area (Å²) in [6.07, 6.45) is 6.93. The lowest BCUT2D eigenvalue weighted by atomic mass is 10.0. The Morgan fingerprint density at radius 1 is 0.933 bits per heavy atom. The molecule has 1 saturated heterocycles. The molecule has 0 spiro atoms. The third kappa shape index (κ3) is 3.16. The summed E-state index contributed by atoms with van der Waals surface area (Å²) in [5, 5.41) is 10.1. The molecule has 0 amide bonds. The molecule has 1 aliphatic carbocycles. The van der Waals surface area contributed by atoms with Gasteiger partial charge in [0, 0.05) is 25.7 Å². The molecule has 88 valence electrons. The first kappa shape index (κ1) is 11.4. The highest BCUT2D eigenvalue weighted by Crippen LogP contribution is 2.23. The standard InChI is InChI=1S/C12H23NO2/c14-12-6-3-1-2-5-11(12)13-7-4-9-15-10-8-13/h11-12,14H,1-10H2. The number of ether oxygens (including phenoxy) is 1. The fourth-order valence-corrected chi connectivity index (χ4v) is 2.79. The summed E-state index contributed by atoms with van der Waals surface area (Å²) in [6.45, 7) is 3.83. The minimum atomic E-state index is -0.106. The molecule has 1 aliphatic heterocycles. The van der Waals surface area contributed by atoms with Gasteiger partial charge in [-0.2, -0.15) is 0 Å². The first-order valence-electron chi connectivity index (χ1n) is 6.38. The molecule has 2 unspecified atom stereocenters. The minimum absolute atomic E-state index is 0.106. The van der Waals surface area contributed by atoms with Crippen molar-refractivity contribution in [3.05, 3.63) is 0 Å². The number of rotatable bonds is 1. The lowest BCUT2D eigenvalue weighted by molar-refractivity contribution is 0.0416. The number of aliphatic hydroxyl groups is 1. The van der Waals surface area contributed by atoms with Crippen LogP contribution in [-0.2, 0) is 4.74 Å². The summed E-state index contributed by atoms with van der Waals surface area (Å²) >= 11 is 0. The van der Waals surface area contributed by atoms with Crippen LogP contribution in [-0.4, -0.2) is 48.5 Å². The van der Waals surface area contributed by atoms with Crippen LogP contribution in [0.15, 0.2) is 0 Å². The Bertz CT molecular complexity index is 178. The summed E-state index contributed by atoms with van der Waals surface area (Å²) in [7, 11) is 0. The SMILES string of the molecule is OC1CCCCCC1N1CCCOCC1. The lowest BCUT2D eigenvalue weighted by Gasteiger charge is -2.32. The minimum Gasteiger partial charge on any atom is -0.391 e. The van der Waals surface area contributed by atoms with E-state index in [1.165, 1.54) is 25.7 Å². The molecule has 2 rings (SSSR count). The van der Waals surface area contributed by atoms with E-state index in [9.17, 15) is 5.11 Å². The Balaban J connectivity index is 1.92. The molecule has 0 aromatic heterocycles. The number of nitrogens with zero attached hydrogens (tertiary/aromatic N) is 1. The molecule has 2 aliphatic rings. The van der Waals surface area contributed by atoms with Crippen molar-refractivity contribution < 1.29 is 9.84 Å². The van der Waals surface area contributed by atoms with Crippen LogP contribution in [0.4, 0.5) is 0 Å². The van der Waals surface area contributed by atoms with Gasteiger partial charge in [-0.15, -0.1) is 0 Å². The highest BCUT2D eigenvalue weighted by atomic mass is 16.5. The summed E-state index contributed by atoms with van der Waals surface area (Å²) in [5.74, 6) is 0. The molecule has 3 nitrogen and oxygen atoms in total. The molecule has 1 N–H and O–H groups in total. The van der Waals surface area contributed by atoms with Gasteiger partial charge in [0.25, 0.3) is 0 Å². The van der Waals surface area contributed by atoms with Gasteiger partial charge in [-0.3, -0.25) is 4.90 Å². The van der Waals surface area contributed by atoms with E-state index in [0.29, 0.717) is 6.04 Å². The topological polar surface area (TPSA) is 32.7 Å². The Kier molecular flexibility index (Phi) is 4.42. The van der Waals surface area contributed by atoms with Crippen LogP contribution >= 0.6 is 0 Å². The zero-order chi connectivity index (χ0) is 10.5. The highest BCUT2D eigenvalue weighted by molar-refractivity contribution is 4.82. The summed E-state index contributed by atoms with van der Waals surface area (Å²) < 4.78 is 5.46. The summed E-state index contributed by atoms with van der Waals surface area (Å²) in [5.41, 5.74) is 0. The third-order valence-corrected chi connectivity index (χ3v) is 3.67. The van der Waals surface area contributed by atoms with Crippen LogP contribution in [0.5, 0.6) is 0 Å². The molecule has 0 aromatic rings. The van der Waals surface area contributed by atoms with Crippen molar-refractivity contribution >= 4 is 0 Å². The predicted molar refractivity (Wildman–Crippen MR) is 59.9 cm³/mol. The zero-order valence-electron chi connectivity index (χ0n) is 9.53. The van der Waals surface area contributed by atoms with E-state index < -0.39 is 0 Å². The third-order valence-electron chi connectivity index (χ3n) is 3.67. The van der Waals surface area contributed by atoms with Crippen LogP contribution in [0.3, 0.4) is 0 Å². The molecule has 1 saturated carbocycles. The fraction of sp³-hybridized carbons (Fsp3) is 1.00. The van der Waals surface area contributed by atoms with E-state index in [1.807, 2.05) is 0 Å². The molecule has 2 fully saturated rings. The number of aliphatic hydroxyl groups excluding tert-OH is 1. The molecule has 3 heteroatoms. The van der Waals surface area contributed by atoms with Crippen LogP contribution < -0.4 is 0 Å². The monoisotopic (exact) mass is 213 g/mol. The van der Waals surface area contributed by atoms with Crippen LogP contribution in [0, 0.1) is 0 Å². The first-order chi connectivity index (χ1) is 7.38. The van der Waals surface area contributed by atoms with Crippen molar-refractivity contribution in [2.75, 3.05) is 26.3 Å². The second kappa shape index (κ2) is 5.83. The van der Waals surface area contributed by atoms with Crippen LogP contribution in [0.1, 0.15) is 38.5 Å². The van der Waals surface area contributed by atoms with E-state index in [0.717, 1.165) is 39.1 Å². The Hall–Kier alpha value is -0.120. The van der Waals surface area contributed by atoms with Crippen molar-refractivity contribution in [2.24, 2.45) is 0 Å². The molecule has 1 heterocycles. The summed E-state index contributed by atoms with van der Waals surface area (Å²) in [4.78, 5) is 2.45. The molecular formula is C12H23NO2. The smallest absolute Gasteiger partial charge is 0.0695 e. The quantitative estimate of drug-likeness (QED) is 0.668.